The molecular formula is C14H16Br2N2O. The maximum absolute atomic E-state index is 12.5. The lowest BCUT2D eigenvalue weighted by Crippen LogP contribution is -2.42. The molecule has 1 amide bonds. The smallest absolute Gasteiger partial charge is 0.229 e. The van der Waals surface area contributed by atoms with E-state index in [2.05, 4.69) is 37.2 Å². The predicted molar refractivity (Wildman–Crippen MR) is 82.8 cm³/mol. The van der Waals surface area contributed by atoms with Gasteiger partial charge >= 0.3 is 0 Å². The molecule has 0 aromatic heterocycles. The number of carbonyl (C=O) groups excluding carboxylic acids is 1. The fourth-order valence-electron chi connectivity index (χ4n) is 3.55. The molecular weight excluding hydrogens is 372 g/mol. The Morgan fingerprint density at radius 2 is 1.84 bits per heavy atom. The molecule has 1 aromatic carbocycles. The standard InChI is InChI=1S/C14H16Br2N2O/c15-9-2-1-3-10(16)13(9)18-14(19)11-7-4-5-8(6-7)12(11)17/h1-3,7-8,11-12H,4-6,17H2,(H,18,19). The summed E-state index contributed by atoms with van der Waals surface area (Å²) in [7, 11) is 0. The van der Waals surface area contributed by atoms with E-state index in [1.807, 2.05) is 18.2 Å². The van der Waals surface area contributed by atoms with Gasteiger partial charge in [0.25, 0.3) is 0 Å². The number of hydrogen-bond acceptors (Lipinski definition) is 2. The Morgan fingerprint density at radius 1 is 1.21 bits per heavy atom. The van der Waals surface area contributed by atoms with Crippen LogP contribution in [0.15, 0.2) is 27.1 Å². The summed E-state index contributed by atoms with van der Waals surface area (Å²) in [6.45, 7) is 0. The summed E-state index contributed by atoms with van der Waals surface area (Å²) in [4.78, 5) is 12.5. The molecule has 0 saturated heterocycles. The number of halogens is 2. The Kier molecular flexibility index (Phi) is 3.71. The monoisotopic (exact) mass is 386 g/mol. The number of nitrogens with one attached hydrogen (secondary N) is 1. The summed E-state index contributed by atoms with van der Waals surface area (Å²) in [6, 6.07) is 5.79. The third-order valence-electron chi connectivity index (χ3n) is 4.49. The van der Waals surface area contributed by atoms with Crippen LogP contribution in [0.1, 0.15) is 19.3 Å². The SMILES string of the molecule is NC1C2CCC(C2)C1C(=O)Nc1c(Br)cccc1Br. The predicted octanol–water partition coefficient (Wildman–Crippen LogP) is 3.52. The minimum atomic E-state index is -0.0299. The highest BCUT2D eigenvalue weighted by molar-refractivity contribution is 9.11. The van der Waals surface area contributed by atoms with Gasteiger partial charge in [-0.2, -0.15) is 0 Å². The van der Waals surface area contributed by atoms with Crippen LogP contribution in [0.2, 0.25) is 0 Å². The van der Waals surface area contributed by atoms with Gasteiger partial charge in [-0.05, 0) is 75.1 Å². The fourth-order valence-corrected chi connectivity index (χ4v) is 4.75. The van der Waals surface area contributed by atoms with Gasteiger partial charge in [0.2, 0.25) is 5.91 Å². The lowest BCUT2D eigenvalue weighted by molar-refractivity contribution is -0.121. The molecule has 4 atom stereocenters. The number of amides is 1. The van der Waals surface area contributed by atoms with Crippen molar-refractivity contribution in [2.24, 2.45) is 23.5 Å². The molecule has 0 aliphatic heterocycles. The van der Waals surface area contributed by atoms with Crippen molar-refractivity contribution in [3.8, 4) is 0 Å². The van der Waals surface area contributed by atoms with Crippen LogP contribution >= 0.6 is 31.9 Å². The van der Waals surface area contributed by atoms with Gasteiger partial charge in [-0.3, -0.25) is 4.79 Å². The number of benzene rings is 1. The van der Waals surface area contributed by atoms with Gasteiger partial charge in [-0.1, -0.05) is 6.07 Å². The number of anilines is 1. The van der Waals surface area contributed by atoms with E-state index in [4.69, 9.17) is 5.73 Å². The first-order chi connectivity index (χ1) is 9.08. The van der Waals surface area contributed by atoms with Gasteiger partial charge in [0, 0.05) is 15.0 Å². The second kappa shape index (κ2) is 5.19. The number of para-hydroxylation sites is 1. The van der Waals surface area contributed by atoms with Crippen LogP contribution in [0.5, 0.6) is 0 Å². The Labute approximate surface area is 129 Å². The number of fused-ring (bicyclic) bond motifs is 2. The Hall–Kier alpha value is -0.390. The van der Waals surface area contributed by atoms with E-state index >= 15 is 0 Å². The number of carbonyl (C=O) groups is 1. The van der Waals surface area contributed by atoms with Crippen LogP contribution in [0.4, 0.5) is 5.69 Å². The first kappa shape index (κ1) is 13.6. The second-order valence-electron chi connectivity index (χ2n) is 5.52. The summed E-state index contributed by atoms with van der Waals surface area (Å²) in [5.74, 6) is 1.05. The van der Waals surface area contributed by atoms with E-state index in [1.165, 1.54) is 6.42 Å². The molecule has 1 aromatic rings. The zero-order chi connectivity index (χ0) is 13.6. The third kappa shape index (κ3) is 2.36. The zero-order valence-electron chi connectivity index (χ0n) is 10.4. The van der Waals surface area contributed by atoms with Crippen molar-refractivity contribution in [3.63, 3.8) is 0 Å². The van der Waals surface area contributed by atoms with Gasteiger partial charge in [-0.15, -0.1) is 0 Å². The molecule has 5 heteroatoms. The first-order valence-electron chi connectivity index (χ1n) is 6.58. The maximum atomic E-state index is 12.5. The lowest BCUT2D eigenvalue weighted by atomic mass is 9.84. The minimum absolute atomic E-state index is 0.0278. The molecule has 4 unspecified atom stereocenters. The number of nitrogens with two attached hydrogens (primary N) is 1. The van der Waals surface area contributed by atoms with Crippen molar-refractivity contribution in [2.45, 2.75) is 25.3 Å². The molecule has 3 N–H and O–H groups in total. The normalized spacial score (nSPS) is 32.6. The highest BCUT2D eigenvalue weighted by Crippen LogP contribution is 2.48. The Balaban J connectivity index is 1.79. The van der Waals surface area contributed by atoms with Crippen LogP contribution < -0.4 is 11.1 Å². The Bertz CT molecular complexity index is 498. The minimum Gasteiger partial charge on any atom is -0.327 e. The summed E-state index contributed by atoms with van der Waals surface area (Å²) in [5, 5.41) is 3.02. The average molecular weight is 388 g/mol. The van der Waals surface area contributed by atoms with Crippen LogP contribution in [-0.2, 0) is 4.79 Å². The van der Waals surface area contributed by atoms with E-state index in [1.54, 1.807) is 0 Å². The summed E-state index contributed by atoms with van der Waals surface area (Å²) in [6.07, 6.45) is 3.46. The topological polar surface area (TPSA) is 55.1 Å². The molecule has 2 aliphatic carbocycles. The maximum Gasteiger partial charge on any atom is 0.229 e. The van der Waals surface area contributed by atoms with Crippen LogP contribution in [0, 0.1) is 17.8 Å². The quantitative estimate of drug-likeness (QED) is 0.815. The van der Waals surface area contributed by atoms with Gasteiger partial charge < -0.3 is 11.1 Å². The van der Waals surface area contributed by atoms with Gasteiger partial charge in [-0.25, -0.2) is 0 Å². The molecule has 3 nitrogen and oxygen atoms in total. The van der Waals surface area contributed by atoms with Crippen LogP contribution in [-0.4, -0.2) is 11.9 Å². The largest absolute Gasteiger partial charge is 0.327 e. The Morgan fingerprint density at radius 3 is 2.42 bits per heavy atom. The fraction of sp³-hybridized carbons (Fsp3) is 0.500. The van der Waals surface area contributed by atoms with E-state index in [0.717, 1.165) is 27.5 Å². The van der Waals surface area contributed by atoms with Gasteiger partial charge in [0.15, 0.2) is 0 Å². The van der Waals surface area contributed by atoms with Crippen molar-refractivity contribution in [2.75, 3.05) is 5.32 Å². The van der Waals surface area contributed by atoms with E-state index in [0.29, 0.717) is 11.8 Å². The molecule has 2 bridgehead atoms. The van der Waals surface area contributed by atoms with Gasteiger partial charge in [0.05, 0.1) is 11.6 Å². The van der Waals surface area contributed by atoms with Crippen molar-refractivity contribution in [3.05, 3.63) is 27.1 Å². The number of rotatable bonds is 2. The van der Waals surface area contributed by atoms with Crippen molar-refractivity contribution in [1.82, 2.24) is 0 Å². The summed E-state index contributed by atoms with van der Waals surface area (Å²) >= 11 is 6.93. The summed E-state index contributed by atoms with van der Waals surface area (Å²) in [5.41, 5.74) is 7.00. The van der Waals surface area contributed by atoms with Crippen LogP contribution in [0.3, 0.4) is 0 Å². The lowest BCUT2D eigenvalue weighted by Gasteiger charge is -2.27. The van der Waals surface area contributed by atoms with Crippen molar-refractivity contribution < 1.29 is 4.79 Å². The molecule has 0 heterocycles. The average Bonchev–Trinajstić information content (AvgIpc) is 2.94. The molecule has 0 spiro atoms. The first-order valence-corrected chi connectivity index (χ1v) is 8.17. The molecule has 19 heavy (non-hydrogen) atoms. The molecule has 2 fully saturated rings. The second-order valence-corrected chi connectivity index (χ2v) is 7.23. The van der Waals surface area contributed by atoms with E-state index in [9.17, 15) is 4.79 Å². The highest BCUT2D eigenvalue weighted by Gasteiger charge is 2.49. The molecule has 3 rings (SSSR count). The molecule has 102 valence electrons. The van der Waals surface area contributed by atoms with E-state index < -0.39 is 0 Å². The van der Waals surface area contributed by atoms with Gasteiger partial charge in [0.1, 0.15) is 0 Å². The van der Waals surface area contributed by atoms with E-state index in [-0.39, 0.29) is 17.9 Å². The highest BCUT2D eigenvalue weighted by atomic mass is 79.9. The molecule has 2 aliphatic rings. The van der Waals surface area contributed by atoms with Crippen molar-refractivity contribution in [1.29, 1.82) is 0 Å². The molecule has 2 saturated carbocycles. The van der Waals surface area contributed by atoms with Crippen LogP contribution in [0.25, 0.3) is 0 Å². The summed E-state index contributed by atoms with van der Waals surface area (Å²) < 4.78 is 1.76. The van der Waals surface area contributed by atoms with Crippen molar-refractivity contribution >= 4 is 43.5 Å². The zero-order valence-corrected chi connectivity index (χ0v) is 13.6. The number of hydrogen-bond donors (Lipinski definition) is 2. The molecule has 0 radical (unpaired) electrons. The third-order valence-corrected chi connectivity index (χ3v) is 5.82.